The minimum atomic E-state index is -0.714. The molecule has 0 bridgehead atoms. The number of pyridine rings is 1. The molecule has 142 valence electrons. The lowest BCUT2D eigenvalue weighted by Gasteiger charge is -2.28. The lowest BCUT2D eigenvalue weighted by molar-refractivity contribution is 0.0843. The zero-order valence-corrected chi connectivity index (χ0v) is 16.0. The number of nitrogens with one attached hydrogen (secondary N) is 1. The number of aliphatic hydroxyl groups is 1. The zero-order chi connectivity index (χ0) is 19.6. The smallest absolute Gasteiger partial charge is 0.268 e. The third-order valence-corrected chi connectivity index (χ3v) is 5.21. The van der Waals surface area contributed by atoms with Crippen LogP contribution in [0.15, 0.2) is 53.5 Å². The third kappa shape index (κ3) is 3.74. The SMILES string of the molecule is Cc1ccn(-c2cccc(C(C)C)c2)c(=O)c1C(=O)NC1(CO)CC=CC1. The van der Waals surface area contributed by atoms with Crippen molar-refractivity contribution in [2.75, 3.05) is 6.61 Å². The first kappa shape index (κ1) is 19.1. The minimum Gasteiger partial charge on any atom is -0.394 e. The zero-order valence-electron chi connectivity index (χ0n) is 16.0. The summed E-state index contributed by atoms with van der Waals surface area (Å²) in [5.41, 5.74) is 1.53. The molecule has 1 aromatic heterocycles. The van der Waals surface area contributed by atoms with Crippen molar-refractivity contribution >= 4 is 5.91 Å². The number of hydrogen-bond donors (Lipinski definition) is 2. The minimum absolute atomic E-state index is 0.118. The van der Waals surface area contributed by atoms with E-state index in [1.165, 1.54) is 4.57 Å². The monoisotopic (exact) mass is 366 g/mol. The third-order valence-electron chi connectivity index (χ3n) is 5.21. The summed E-state index contributed by atoms with van der Waals surface area (Å²) in [7, 11) is 0. The first-order chi connectivity index (χ1) is 12.9. The molecule has 0 radical (unpaired) electrons. The molecule has 0 saturated carbocycles. The van der Waals surface area contributed by atoms with Gasteiger partial charge in [0, 0.05) is 11.9 Å². The highest BCUT2D eigenvalue weighted by Gasteiger charge is 2.33. The van der Waals surface area contributed by atoms with Crippen molar-refractivity contribution in [3.8, 4) is 5.69 Å². The molecule has 1 heterocycles. The van der Waals surface area contributed by atoms with Crippen LogP contribution in [0.1, 0.15) is 54.1 Å². The van der Waals surface area contributed by atoms with E-state index in [0.29, 0.717) is 24.3 Å². The molecule has 0 spiro atoms. The predicted octanol–water partition coefficient (Wildman–Crippen LogP) is 3.08. The lowest BCUT2D eigenvalue weighted by Crippen LogP contribution is -2.51. The summed E-state index contributed by atoms with van der Waals surface area (Å²) < 4.78 is 1.51. The predicted molar refractivity (Wildman–Crippen MR) is 107 cm³/mol. The Balaban J connectivity index is 2.00. The van der Waals surface area contributed by atoms with Crippen molar-refractivity contribution in [3.63, 3.8) is 0 Å². The Hall–Kier alpha value is -2.66. The van der Waals surface area contributed by atoms with E-state index in [1.54, 1.807) is 19.2 Å². The van der Waals surface area contributed by atoms with Gasteiger partial charge < -0.3 is 10.4 Å². The van der Waals surface area contributed by atoms with Crippen molar-refractivity contribution in [1.82, 2.24) is 9.88 Å². The fourth-order valence-electron chi connectivity index (χ4n) is 3.41. The van der Waals surface area contributed by atoms with Crippen LogP contribution in [0.25, 0.3) is 5.69 Å². The number of aliphatic hydroxyl groups excluding tert-OH is 1. The van der Waals surface area contributed by atoms with Gasteiger partial charge in [0.05, 0.1) is 12.1 Å². The van der Waals surface area contributed by atoms with Gasteiger partial charge in [-0.2, -0.15) is 0 Å². The van der Waals surface area contributed by atoms with Gasteiger partial charge in [0.1, 0.15) is 5.56 Å². The van der Waals surface area contributed by atoms with E-state index in [0.717, 1.165) is 11.3 Å². The van der Waals surface area contributed by atoms with E-state index in [-0.39, 0.29) is 17.7 Å². The molecule has 0 aliphatic heterocycles. The molecular formula is C22H26N2O3. The van der Waals surface area contributed by atoms with Gasteiger partial charge in [0.25, 0.3) is 11.5 Å². The summed E-state index contributed by atoms with van der Waals surface area (Å²) in [5, 5.41) is 12.6. The van der Waals surface area contributed by atoms with Crippen LogP contribution in [0.3, 0.4) is 0 Å². The highest BCUT2D eigenvalue weighted by molar-refractivity contribution is 5.95. The first-order valence-corrected chi connectivity index (χ1v) is 9.28. The summed E-state index contributed by atoms with van der Waals surface area (Å²) in [4.78, 5) is 26.0. The maximum absolute atomic E-state index is 13.1. The summed E-state index contributed by atoms with van der Waals surface area (Å²) in [6.45, 7) is 5.78. The maximum atomic E-state index is 13.1. The van der Waals surface area contributed by atoms with Gasteiger partial charge >= 0.3 is 0 Å². The van der Waals surface area contributed by atoms with Gasteiger partial charge in [-0.3, -0.25) is 14.2 Å². The highest BCUT2D eigenvalue weighted by Crippen LogP contribution is 2.24. The molecule has 5 heteroatoms. The van der Waals surface area contributed by atoms with E-state index in [2.05, 4.69) is 19.2 Å². The number of aromatic nitrogens is 1. The van der Waals surface area contributed by atoms with Crippen molar-refractivity contribution < 1.29 is 9.90 Å². The Kier molecular flexibility index (Phi) is 5.33. The molecule has 1 aromatic carbocycles. The standard InChI is InChI=1S/C22H26N2O3/c1-15(2)17-7-6-8-18(13-17)24-12-9-16(3)19(21(24)27)20(26)23-22(14-25)10-4-5-11-22/h4-9,12-13,15,25H,10-11,14H2,1-3H3,(H,23,26). The molecule has 0 atom stereocenters. The molecule has 27 heavy (non-hydrogen) atoms. The molecule has 3 rings (SSSR count). The summed E-state index contributed by atoms with van der Waals surface area (Å²) in [5.74, 6) is -0.0993. The Bertz CT molecular complexity index is 933. The highest BCUT2D eigenvalue weighted by atomic mass is 16.3. The van der Waals surface area contributed by atoms with Crippen molar-refractivity contribution in [2.45, 2.75) is 45.1 Å². The number of amides is 1. The van der Waals surface area contributed by atoms with E-state index in [4.69, 9.17) is 0 Å². The number of aryl methyl sites for hydroxylation is 1. The van der Waals surface area contributed by atoms with E-state index in [9.17, 15) is 14.7 Å². The van der Waals surface area contributed by atoms with Gasteiger partial charge in [0.15, 0.2) is 0 Å². The Morgan fingerprint density at radius 1 is 1.26 bits per heavy atom. The van der Waals surface area contributed by atoms with E-state index in [1.807, 2.05) is 36.4 Å². The van der Waals surface area contributed by atoms with Crippen LogP contribution in [0.4, 0.5) is 0 Å². The van der Waals surface area contributed by atoms with Crippen LogP contribution in [0.2, 0.25) is 0 Å². The second kappa shape index (κ2) is 7.53. The number of carbonyl (C=O) groups is 1. The molecule has 0 fully saturated rings. The average molecular weight is 366 g/mol. The average Bonchev–Trinajstić information content (AvgIpc) is 3.11. The lowest BCUT2D eigenvalue weighted by atomic mass is 9.97. The van der Waals surface area contributed by atoms with Crippen LogP contribution >= 0.6 is 0 Å². The first-order valence-electron chi connectivity index (χ1n) is 9.28. The van der Waals surface area contributed by atoms with Crippen LogP contribution in [0, 0.1) is 6.92 Å². The maximum Gasteiger partial charge on any atom is 0.268 e. The van der Waals surface area contributed by atoms with Gasteiger partial charge in [-0.25, -0.2) is 0 Å². The fourth-order valence-corrected chi connectivity index (χ4v) is 3.41. The Morgan fingerprint density at radius 2 is 1.96 bits per heavy atom. The van der Waals surface area contributed by atoms with Gasteiger partial charge in [-0.05, 0) is 55.0 Å². The molecule has 2 N–H and O–H groups in total. The molecule has 1 amide bonds. The van der Waals surface area contributed by atoms with Crippen molar-refractivity contribution in [2.24, 2.45) is 0 Å². The number of rotatable bonds is 5. The summed E-state index contributed by atoms with van der Waals surface area (Å²) in [6.07, 6.45) is 6.69. The fraction of sp³-hybridized carbons (Fsp3) is 0.364. The summed E-state index contributed by atoms with van der Waals surface area (Å²) in [6, 6.07) is 9.55. The number of hydrogen-bond acceptors (Lipinski definition) is 3. The Labute approximate surface area is 159 Å². The van der Waals surface area contributed by atoms with E-state index < -0.39 is 11.4 Å². The second-order valence-corrected chi connectivity index (χ2v) is 7.57. The Morgan fingerprint density at radius 3 is 2.59 bits per heavy atom. The number of benzene rings is 1. The molecule has 5 nitrogen and oxygen atoms in total. The quantitative estimate of drug-likeness (QED) is 0.799. The van der Waals surface area contributed by atoms with Crippen LogP contribution < -0.4 is 10.9 Å². The van der Waals surface area contributed by atoms with Crippen LogP contribution in [-0.2, 0) is 0 Å². The van der Waals surface area contributed by atoms with Crippen molar-refractivity contribution in [1.29, 1.82) is 0 Å². The molecule has 2 aromatic rings. The summed E-state index contributed by atoms with van der Waals surface area (Å²) >= 11 is 0. The topological polar surface area (TPSA) is 71.3 Å². The molecule has 0 saturated heterocycles. The van der Waals surface area contributed by atoms with E-state index >= 15 is 0 Å². The molecular weight excluding hydrogens is 340 g/mol. The van der Waals surface area contributed by atoms with Gasteiger partial charge in [0.2, 0.25) is 0 Å². The van der Waals surface area contributed by atoms with Crippen LogP contribution in [0.5, 0.6) is 0 Å². The molecule has 1 aliphatic rings. The molecule has 1 aliphatic carbocycles. The molecule has 0 unspecified atom stereocenters. The largest absolute Gasteiger partial charge is 0.394 e. The normalized spacial score (nSPS) is 15.3. The van der Waals surface area contributed by atoms with Crippen molar-refractivity contribution in [3.05, 3.63) is 75.7 Å². The van der Waals surface area contributed by atoms with Crippen LogP contribution in [-0.4, -0.2) is 27.7 Å². The second-order valence-electron chi connectivity index (χ2n) is 7.57. The number of nitrogens with zero attached hydrogens (tertiary/aromatic N) is 1. The number of carbonyl (C=O) groups excluding carboxylic acids is 1. The van der Waals surface area contributed by atoms with Gasteiger partial charge in [-0.15, -0.1) is 0 Å². The van der Waals surface area contributed by atoms with Gasteiger partial charge in [-0.1, -0.05) is 38.1 Å².